The Kier molecular flexibility index (Phi) is 4.68. The number of hydrogen-bond donors (Lipinski definition) is 0. The van der Waals surface area contributed by atoms with Crippen LogP contribution < -0.4 is 15.9 Å². The van der Waals surface area contributed by atoms with Crippen molar-refractivity contribution in [3.63, 3.8) is 0 Å². The summed E-state index contributed by atoms with van der Waals surface area (Å²) >= 11 is 4.28. The molecule has 0 saturated carbocycles. The summed E-state index contributed by atoms with van der Waals surface area (Å²) in [4.78, 5) is 0. The molecular weight excluding hydrogens is 367 g/mol. The summed E-state index contributed by atoms with van der Waals surface area (Å²) in [5.74, 6) is 0. The van der Waals surface area contributed by atoms with Crippen molar-refractivity contribution in [1.82, 2.24) is 0 Å². The SMILES string of the molecule is COCP(Br)(c1ccccc1)(c1ccccc1)c1ccccc1. The van der Waals surface area contributed by atoms with E-state index in [1.807, 2.05) is 0 Å². The minimum absolute atomic E-state index is 0.615. The van der Waals surface area contributed by atoms with E-state index in [1.54, 1.807) is 7.11 Å². The zero-order valence-corrected chi connectivity index (χ0v) is 15.6. The van der Waals surface area contributed by atoms with E-state index in [2.05, 4.69) is 106 Å². The monoisotopic (exact) mass is 386 g/mol. The van der Waals surface area contributed by atoms with Gasteiger partial charge in [-0.05, 0) is 0 Å². The van der Waals surface area contributed by atoms with Crippen LogP contribution in [0.2, 0.25) is 0 Å². The summed E-state index contributed by atoms with van der Waals surface area (Å²) in [6.07, 6.45) is 0.615. The fourth-order valence-corrected chi connectivity index (χ4v) is 10.1. The first-order valence-electron chi connectivity index (χ1n) is 7.59. The first kappa shape index (κ1) is 16.4. The molecule has 0 aliphatic rings. The van der Waals surface area contributed by atoms with Gasteiger partial charge in [0.1, 0.15) is 0 Å². The van der Waals surface area contributed by atoms with Gasteiger partial charge in [0.2, 0.25) is 0 Å². The zero-order chi connectivity index (χ0) is 16.2. The summed E-state index contributed by atoms with van der Waals surface area (Å²) in [7, 11) is 1.78. The molecule has 0 spiro atoms. The van der Waals surface area contributed by atoms with E-state index >= 15 is 0 Å². The summed E-state index contributed by atoms with van der Waals surface area (Å²) in [5, 5.41) is 0.988. The van der Waals surface area contributed by atoms with Crippen LogP contribution in [0.3, 0.4) is 0 Å². The summed E-state index contributed by atoms with van der Waals surface area (Å²) in [6, 6.07) is 31.9. The van der Waals surface area contributed by atoms with Gasteiger partial charge >= 0.3 is 146 Å². The van der Waals surface area contributed by atoms with Crippen molar-refractivity contribution < 1.29 is 4.74 Å². The number of methoxy groups -OCH3 is 1. The van der Waals surface area contributed by atoms with Crippen molar-refractivity contribution in [2.24, 2.45) is 0 Å². The van der Waals surface area contributed by atoms with E-state index in [9.17, 15) is 0 Å². The predicted molar refractivity (Wildman–Crippen MR) is 106 cm³/mol. The molecule has 118 valence electrons. The van der Waals surface area contributed by atoms with E-state index in [4.69, 9.17) is 4.74 Å². The van der Waals surface area contributed by atoms with Crippen molar-refractivity contribution in [2.45, 2.75) is 0 Å². The van der Waals surface area contributed by atoms with Crippen LogP contribution in [0.15, 0.2) is 91.0 Å². The summed E-state index contributed by atoms with van der Waals surface area (Å²) in [6.45, 7) is 0. The molecule has 0 amide bonds. The Labute approximate surface area is 146 Å². The van der Waals surface area contributed by atoms with Gasteiger partial charge in [-0.25, -0.2) is 0 Å². The molecule has 0 bridgehead atoms. The first-order chi connectivity index (χ1) is 11.2. The third-order valence-corrected chi connectivity index (χ3v) is 13.4. The quantitative estimate of drug-likeness (QED) is 0.589. The topological polar surface area (TPSA) is 9.23 Å². The van der Waals surface area contributed by atoms with Gasteiger partial charge in [-0.2, -0.15) is 0 Å². The van der Waals surface area contributed by atoms with Crippen molar-refractivity contribution >= 4 is 36.7 Å². The van der Waals surface area contributed by atoms with Crippen LogP contribution in [0, 0.1) is 0 Å². The molecule has 1 nitrogen and oxygen atoms in total. The van der Waals surface area contributed by atoms with Gasteiger partial charge in [0.15, 0.2) is 0 Å². The zero-order valence-electron chi connectivity index (χ0n) is 13.1. The molecule has 0 heterocycles. The second-order valence-corrected chi connectivity index (χ2v) is 14.5. The predicted octanol–water partition coefficient (Wildman–Crippen LogP) is 4.43. The number of hydrogen-bond acceptors (Lipinski definition) is 1. The fraction of sp³-hybridized carbons (Fsp3) is 0.100. The van der Waals surface area contributed by atoms with Gasteiger partial charge in [-0.15, -0.1) is 0 Å². The molecule has 3 heteroatoms. The molecule has 0 saturated heterocycles. The van der Waals surface area contributed by atoms with E-state index in [0.29, 0.717) is 6.35 Å². The second kappa shape index (κ2) is 6.57. The Morgan fingerprint density at radius 1 is 0.652 bits per heavy atom. The first-order valence-corrected chi connectivity index (χ1v) is 12.0. The molecule has 0 aromatic heterocycles. The maximum atomic E-state index is 5.78. The van der Waals surface area contributed by atoms with Crippen molar-refractivity contribution in [3.05, 3.63) is 91.0 Å². The minimum atomic E-state index is -2.84. The van der Waals surface area contributed by atoms with Crippen LogP contribution in [0.1, 0.15) is 0 Å². The van der Waals surface area contributed by atoms with E-state index < -0.39 is 5.31 Å². The number of halogens is 1. The van der Waals surface area contributed by atoms with Gasteiger partial charge in [0, 0.05) is 0 Å². The second-order valence-electron chi connectivity index (χ2n) is 5.61. The molecule has 0 aliphatic carbocycles. The van der Waals surface area contributed by atoms with Crippen LogP contribution in [-0.2, 0) is 4.74 Å². The third kappa shape index (κ3) is 2.65. The van der Waals surface area contributed by atoms with Crippen molar-refractivity contribution in [3.8, 4) is 0 Å². The molecular formula is C20H20BrOP. The van der Waals surface area contributed by atoms with Crippen LogP contribution in [0.25, 0.3) is 0 Å². The van der Waals surface area contributed by atoms with Crippen LogP contribution >= 0.6 is 20.8 Å². The standard InChI is InChI=1S/C20H20BrOP/c1-22-17-23(21,18-11-5-2-6-12-18,19-13-7-3-8-14-19)20-15-9-4-10-16-20/h2-16H,17H2,1H3. The van der Waals surface area contributed by atoms with Gasteiger partial charge in [-0.1, -0.05) is 0 Å². The van der Waals surface area contributed by atoms with Gasteiger partial charge < -0.3 is 0 Å². The Bertz CT molecular complexity index is 660. The molecule has 0 unspecified atom stereocenters. The summed E-state index contributed by atoms with van der Waals surface area (Å²) in [5.41, 5.74) is 0. The van der Waals surface area contributed by atoms with Crippen molar-refractivity contribution in [2.75, 3.05) is 13.5 Å². The Morgan fingerprint density at radius 3 is 1.22 bits per heavy atom. The molecule has 0 radical (unpaired) electrons. The molecule has 0 aliphatic heterocycles. The van der Waals surface area contributed by atoms with Gasteiger partial charge in [0.05, 0.1) is 0 Å². The Balaban J connectivity index is 2.41. The number of rotatable bonds is 5. The van der Waals surface area contributed by atoms with E-state index in [1.165, 1.54) is 15.9 Å². The van der Waals surface area contributed by atoms with Gasteiger partial charge in [-0.3, -0.25) is 0 Å². The van der Waals surface area contributed by atoms with Crippen molar-refractivity contribution in [1.29, 1.82) is 0 Å². The molecule has 3 aromatic rings. The van der Waals surface area contributed by atoms with E-state index in [0.717, 1.165) is 0 Å². The third-order valence-electron chi connectivity index (χ3n) is 4.26. The fourth-order valence-electron chi connectivity index (χ4n) is 3.13. The molecule has 0 atom stereocenters. The molecule has 3 rings (SSSR count). The van der Waals surface area contributed by atoms with Crippen LogP contribution in [0.5, 0.6) is 0 Å². The van der Waals surface area contributed by atoms with Gasteiger partial charge in [0.25, 0.3) is 0 Å². The Morgan fingerprint density at radius 2 is 0.957 bits per heavy atom. The average molecular weight is 387 g/mol. The van der Waals surface area contributed by atoms with Crippen LogP contribution in [0.4, 0.5) is 0 Å². The molecule has 0 N–H and O–H groups in total. The number of benzene rings is 3. The maximum absolute atomic E-state index is 5.78. The van der Waals surface area contributed by atoms with E-state index in [-0.39, 0.29) is 0 Å². The summed E-state index contributed by atoms with van der Waals surface area (Å²) < 4.78 is 5.78. The molecule has 0 fully saturated rings. The average Bonchev–Trinajstić information content (AvgIpc) is 2.64. The number of ether oxygens (including phenoxy) is 1. The van der Waals surface area contributed by atoms with Crippen LogP contribution in [-0.4, -0.2) is 13.5 Å². The normalized spacial score (nSPS) is 13.2. The molecule has 3 aromatic carbocycles. The molecule has 23 heavy (non-hydrogen) atoms. The Hall–Kier alpha value is -1.47.